The van der Waals surface area contributed by atoms with E-state index in [0.29, 0.717) is 23.8 Å². The number of carbonyl (C=O) groups is 1. The molecule has 1 aromatic carbocycles. The molecule has 2 aliphatic rings. The number of nitrogens with zero attached hydrogens (tertiary/aromatic N) is 2. The second-order valence-corrected chi connectivity index (χ2v) is 9.79. The molecule has 1 saturated carbocycles. The zero-order valence-electron chi connectivity index (χ0n) is 19.5. The van der Waals surface area contributed by atoms with E-state index in [1.54, 1.807) is 0 Å². The molecular weight excluding hydrogens is 386 g/mol. The maximum atomic E-state index is 13.0. The molecule has 4 unspecified atom stereocenters. The van der Waals surface area contributed by atoms with E-state index in [2.05, 4.69) is 43.1 Å². The van der Waals surface area contributed by atoms with Crippen molar-refractivity contribution in [1.29, 1.82) is 0 Å². The number of nitrogens with one attached hydrogen (secondary N) is 1. The van der Waals surface area contributed by atoms with Crippen molar-refractivity contribution in [3.8, 4) is 11.5 Å². The molecule has 4 atom stereocenters. The molecule has 1 aliphatic carbocycles. The van der Waals surface area contributed by atoms with Crippen LogP contribution in [-0.2, 0) is 11.3 Å². The van der Waals surface area contributed by atoms with Crippen LogP contribution in [0.15, 0.2) is 28.7 Å². The molecule has 4 rings (SSSR count). The minimum Gasteiger partial charge on any atom is -0.441 e. The molecule has 5 heteroatoms. The first kappa shape index (κ1) is 22.1. The van der Waals surface area contributed by atoms with Crippen molar-refractivity contribution in [2.24, 2.45) is 17.8 Å². The quantitative estimate of drug-likeness (QED) is 0.726. The summed E-state index contributed by atoms with van der Waals surface area (Å²) in [4.78, 5) is 20.2. The van der Waals surface area contributed by atoms with E-state index in [4.69, 9.17) is 9.40 Å². The van der Waals surface area contributed by atoms with E-state index >= 15 is 0 Å². The topological polar surface area (TPSA) is 58.4 Å². The maximum Gasteiger partial charge on any atom is 0.226 e. The van der Waals surface area contributed by atoms with Gasteiger partial charge in [0.05, 0.1) is 11.6 Å². The summed E-state index contributed by atoms with van der Waals surface area (Å²) in [5, 5.41) is 3.40. The number of oxazole rings is 1. The number of aromatic nitrogens is 1. The Balaban J connectivity index is 1.38. The Labute approximate surface area is 186 Å². The lowest BCUT2D eigenvalue weighted by molar-refractivity contribution is -0.128. The minimum atomic E-state index is 0.0706. The smallest absolute Gasteiger partial charge is 0.226 e. The molecule has 168 valence electrons. The van der Waals surface area contributed by atoms with Gasteiger partial charge in [-0.15, -0.1) is 0 Å². The van der Waals surface area contributed by atoms with Gasteiger partial charge < -0.3 is 9.73 Å². The summed E-state index contributed by atoms with van der Waals surface area (Å²) in [6.45, 7) is 11.2. The van der Waals surface area contributed by atoms with Crippen LogP contribution in [0.2, 0.25) is 0 Å². The van der Waals surface area contributed by atoms with E-state index in [1.807, 2.05) is 19.1 Å². The number of aryl methyl sites for hydroxylation is 2. The Morgan fingerprint density at radius 1 is 1.16 bits per heavy atom. The van der Waals surface area contributed by atoms with Crippen molar-refractivity contribution in [3.05, 3.63) is 41.3 Å². The number of likely N-dealkylation sites (tertiary alicyclic amines) is 1. The summed E-state index contributed by atoms with van der Waals surface area (Å²) in [5.41, 5.74) is 3.19. The SMILES string of the molecule is Cc1ccccc1-c1nc(CN2CCCC(C(=O)NC3CCCC(C)C3C)C2)c(C)o1. The van der Waals surface area contributed by atoms with Crippen LogP contribution >= 0.6 is 0 Å². The number of benzene rings is 1. The highest BCUT2D eigenvalue weighted by Crippen LogP contribution is 2.30. The van der Waals surface area contributed by atoms with E-state index in [9.17, 15) is 4.79 Å². The van der Waals surface area contributed by atoms with Gasteiger partial charge >= 0.3 is 0 Å². The monoisotopic (exact) mass is 423 g/mol. The Hall–Kier alpha value is -2.14. The van der Waals surface area contributed by atoms with Crippen LogP contribution in [0.4, 0.5) is 0 Å². The average molecular weight is 424 g/mol. The van der Waals surface area contributed by atoms with Crippen LogP contribution in [0.25, 0.3) is 11.5 Å². The molecular formula is C26H37N3O2. The van der Waals surface area contributed by atoms with Crippen molar-refractivity contribution >= 4 is 5.91 Å². The van der Waals surface area contributed by atoms with Gasteiger partial charge in [-0.2, -0.15) is 0 Å². The third kappa shape index (κ3) is 5.03. The van der Waals surface area contributed by atoms with E-state index < -0.39 is 0 Å². The molecule has 2 fully saturated rings. The van der Waals surface area contributed by atoms with Crippen LogP contribution in [0.5, 0.6) is 0 Å². The molecule has 1 saturated heterocycles. The van der Waals surface area contributed by atoms with Crippen LogP contribution in [-0.4, -0.2) is 34.9 Å². The van der Waals surface area contributed by atoms with Gasteiger partial charge in [-0.1, -0.05) is 44.9 Å². The molecule has 1 aromatic heterocycles. The third-order valence-electron chi connectivity index (χ3n) is 7.55. The van der Waals surface area contributed by atoms with Gasteiger partial charge in [-0.3, -0.25) is 9.69 Å². The summed E-state index contributed by atoms with van der Waals surface area (Å²) >= 11 is 0. The molecule has 0 bridgehead atoms. The first-order valence-electron chi connectivity index (χ1n) is 12.0. The van der Waals surface area contributed by atoms with E-state index in [1.165, 1.54) is 12.8 Å². The molecule has 2 aromatic rings. The van der Waals surface area contributed by atoms with Crippen molar-refractivity contribution < 1.29 is 9.21 Å². The maximum absolute atomic E-state index is 13.0. The lowest BCUT2D eigenvalue weighted by atomic mass is 9.78. The summed E-state index contributed by atoms with van der Waals surface area (Å²) in [6, 6.07) is 8.52. The number of rotatable bonds is 5. The molecule has 2 heterocycles. The number of hydrogen-bond donors (Lipinski definition) is 1. The lowest BCUT2D eigenvalue weighted by Crippen LogP contribution is -2.49. The zero-order valence-corrected chi connectivity index (χ0v) is 19.5. The van der Waals surface area contributed by atoms with Crippen molar-refractivity contribution in [1.82, 2.24) is 15.2 Å². The fourth-order valence-electron chi connectivity index (χ4n) is 5.21. The number of hydrogen-bond acceptors (Lipinski definition) is 4. The summed E-state index contributed by atoms with van der Waals surface area (Å²) in [6.07, 6.45) is 5.66. The fourth-order valence-corrected chi connectivity index (χ4v) is 5.21. The molecule has 0 radical (unpaired) electrons. The third-order valence-corrected chi connectivity index (χ3v) is 7.55. The van der Waals surface area contributed by atoms with Gasteiger partial charge in [0.15, 0.2) is 0 Å². The highest BCUT2D eigenvalue weighted by Gasteiger charge is 2.32. The molecule has 0 spiro atoms. The standard InChI is InChI=1S/C26H37N3O2/c1-17-10-7-13-23(19(17)3)27-25(30)21-11-8-14-29(15-21)16-24-20(4)31-26(28-24)22-12-6-5-9-18(22)2/h5-6,9,12,17,19,21,23H,7-8,10-11,13-16H2,1-4H3,(H,27,30). The lowest BCUT2D eigenvalue weighted by Gasteiger charge is -2.37. The highest BCUT2D eigenvalue weighted by molar-refractivity contribution is 5.79. The molecule has 31 heavy (non-hydrogen) atoms. The van der Waals surface area contributed by atoms with Crippen LogP contribution < -0.4 is 5.32 Å². The zero-order chi connectivity index (χ0) is 22.0. The Bertz CT molecular complexity index is 906. The molecule has 1 N–H and O–H groups in total. The van der Waals surface area contributed by atoms with Crippen LogP contribution in [0.1, 0.15) is 63.0 Å². The second-order valence-electron chi connectivity index (χ2n) is 9.79. The Morgan fingerprint density at radius 3 is 2.77 bits per heavy atom. The van der Waals surface area contributed by atoms with Crippen molar-refractivity contribution in [2.45, 2.75) is 72.4 Å². The number of piperidine rings is 1. The predicted octanol–water partition coefficient (Wildman–Crippen LogP) is 5.11. The predicted molar refractivity (Wildman–Crippen MR) is 124 cm³/mol. The molecule has 1 amide bonds. The Morgan fingerprint density at radius 2 is 1.97 bits per heavy atom. The normalized spacial score (nSPS) is 27.2. The summed E-state index contributed by atoms with van der Waals surface area (Å²) in [7, 11) is 0. The largest absolute Gasteiger partial charge is 0.441 e. The van der Waals surface area contributed by atoms with Crippen LogP contribution in [0.3, 0.4) is 0 Å². The Kier molecular flexibility index (Phi) is 6.80. The fraction of sp³-hybridized carbons (Fsp3) is 0.615. The molecule has 5 nitrogen and oxygen atoms in total. The van der Waals surface area contributed by atoms with Gasteiger partial charge in [0.2, 0.25) is 11.8 Å². The van der Waals surface area contributed by atoms with Gasteiger partial charge in [0.25, 0.3) is 0 Å². The van der Waals surface area contributed by atoms with Crippen molar-refractivity contribution in [3.63, 3.8) is 0 Å². The minimum absolute atomic E-state index is 0.0706. The van der Waals surface area contributed by atoms with E-state index in [0.717, 1.165) is 61.5 Å². The first-order valence-corrected chi connectivity index (χ1v) is 12.0. The average Bonchev–Trinajstić information content (AvgIpc) is 3.12. The first-order chi connectivity index (χ1) is 14.9. The van der Waals surface area contributed by atoms with Crippen LogP contribution in [0, 0.1) is 31.6 Å². The van der Waals surface area contributed by atoms with Crippen molar-refractivity contribution in [2.75, 3.05) is 13.1 Å². The van der Waals surface area contributed by atoms with E-state index in [-0.39, 0.29) is 11.8 Å². The van der Waals surface area contributed by atoms with Gasteiger partial charge in [-0.25, -0.2) is 4.98 Å². The van der Waals surface area contributed by atoms with Gasteiger partial charge in [-0.05, 0) is 63.1 Å². The van der Waals surface area contributed by atoms with Gasteiger partial charge in [0, 0.05) is 24.7 Å². The highest BCUT2D eigenvalue weighted by atomic mass is 16.4. The second kappa shape index (κ2) is 9.56. The summed E-state index contributed by atoms with van der Waals surface area (Å²) in [5.74, 6) is 3.14. The number of amides is 1. The number of carbonyl (C=O) groups excluding carboxylic acids is 1. The molecule has 1 aliphatic heterocycles. The summed E-state index contributed by atoms with van der Waals surface area (Å²) < 4.78 is 6.00. The van der Waals surface area contributed by atoms with Gasteiger partial charge in [0.1, 0.15) is 5.76 Å².